The average molecular weight is 331 g/mol. The first-order valence-corrected chi connectivity index (χ1v) is 8.96. The van der Waals surface area contributed by atoms with E-state index in [1.54, 1.807) is 22.5 Å². The third kappa shape index (κ3) is 3.42. The number of sulfonamides is 1. The highest BCUT2D eigenvalue weighted by Gasteiger charge is 2.38. The Balaban J connectivity index is 2.32. The summed E-state index contributed by atoms with van der Waals surface area (Å²) < 4.78 is 27.1. The van der Waals surface area contributed by atoms with Gasteiger partial charge in [-0.3, -0.25) is 0 Å². The molecule has 2 N–H and O–H groups in total. The van der Waals surface area contributed by atoms with Crippen molar-refractivity contribution in [3.63, 3.8) is 0 Å². The monoisotopic (exact) mass is 330 g/mol. The number of halogens is 1. The number of hydrogen-bond acceptors (Lipinski definition) is 3. The number of nitrogens with zero attached hydrogens (tertiary/aromatic N) is 1. The molecular formula is C15H23ClN2O2S. The van der Waals surface area contributed by atoms with E-state index in [2.05, 4.69) is 20.8 Å². The lowest BCUT2D eigenvalue weighted by Crippen LogP contribution is -2.31. The summed E-state index contributed by atoms with van der Waals surface area (Å²) in [6.45, 7) is 7.84. The quantitative estimate of drug-likeness (QED) is 0.926. The first kappa shape index (κ1) is 16.7. The van der Waals surface area contributed by atoms with E-state index in [4.69, 9.17) is 17.3 Å². The van der Waals surface area contributed by atoms with Crippen LogP contribution in [0.3, 0.4) is 0 Å². The number of benzene rings is 1. The van der Waals surface area contributed by atoms with Gasteiger partial charge in [-0.05, 0) is 35.4 Å². The minimum atomic E-state index is -3.55. The summed E-state index contributed by atoms with van der Waals surface area (Å²) in [4.78, 5) is 0.168. The third-order valence-electron chi connectivity index (χ3n) is 4.22. The molecule has 1 saturated heterocycles. The minimum absolute atomic E-state index is 0.104. The number of nitrogens with two attached hydrogens (primary N) is 1. The molecule has 1 fully saturated rings. The largest absolute Gasteiger partial charge is 0.326 e. The van der Waals surface area contributed by atoms with Gasteiger partial charge in [0.1, 0.15) is 4.90 Å². The number of rotatable bonds is 3. The summed E-state index contributed by atoms with van der Waals surface area (Å²) in [6, 6.07) is 4.94. The van der Waals surface area contributed by atoms with Gasteiger partial charge < -0.3 is 5.73 Å². The Morgan fingerprint density at radius 2 is 2.05 bits per heavy atom. The molecule has 0 amide bonds. The molecule has 0 aromatic heterocycles. The van der Waals surface area contributed by atoms with Crippen LogP contribution < -0.4 is 5.73 Å². The number of hydrogen-bond donors (Lipinski definition) is 1. The SMILES string of the molecule is CC(C)(C)C1CCN(S(=O)(=O)c2cc(CN)ccc2Cl)C1. The van der Waals surface area contributed by atoms with E-state index in [0.717, 1.165) is 12.0 Å². The minimum Gasteiger partial charge on any atom is -0.326 e. The van der Waals surface area contributed by atoms with Crippen molar-refractivity contribution in [3.05, 3.63) is 28.8 Å². The van der Waals surface area contributed by atoms with Gasteiger partial charge in [0.25, 0.3) is 0 Å². The van der Waals surface area contributed by atoms with Gasteiger partial charge in [0.15, 0.2) is 0 Å². The summed E-state index contributed by atoms with van der Waals surface area (Å²) in [7, 11) is -3.55. The van der Waals surface area contributed by atoms with Crippen LogP contribution in [0, 0.1) is 11.3 Å². The zero-order chi connectivity index (χ0) is 15.8. The Bertz CT molecular complexity index is 623. The average Bonchev–Trinajstić information content (AvgIpc) is 2.89. The summed E-state index contributed by atoms with van der Waals surface area (Å²) in [5, 5.41) is 0.256. The molecule has 1 unspecified atom stereocenters. The fraction of sp³-hybridized carbons (Fsp3) is 0.600. The Morgan fingerprint density at radius 1 is 1.38 bits per heavy atom. The maximum absolute atomic E-state index is 12.8. The second-order valence-corrected chi connectivity index (χ2v) is 9.00. The molecule has 1 aliphatic heterocycles. The van der Waals surface area contributed by atoms with Crippen molar-refractivity contribution in [2.75, 3.05) is 13.1 Å². The van der Waals surface area contributed by atoms with Crippen LogP contribution in [0.15, 0.2) is 23.1 Å². The molecule has 1 heterocycles. The molecule has 0 saturated carbocycles. The first-order chi connectivity index (χ1) is 9.66. The van der Waals surface area contributed by atoms with E-state index in [-0.39, 0.29) is 15.3 Å². The lowest BCUT2D eigenvalue weighted by molar-refractivity contribution is 0.252. The van der Waals surface area contributed by atoms with Crippen LogP contribution in [0.25, 0.3) is 0 Å². The van der Waals surface area contributed by atoms with Crippen LogP contribution >= 0.6 is 11.6 Å². The molecule has 0 aliphatic carbocycles. The molecule has 0 bridgehead atoms. The maximum atomic E-state index is 12.8. The third-order valence-corrected chi connectivity index (χ3v) is 6.57. The van der Waals surface area contributed by atoms with Crippen molar-refractivity contribution < 1.29 is 8.42 Å². The topological polar surface area (TPSA) is 63.4 Å². The summed E-state index contributed by atoms with van der Waals surface area (Å²) in [6.07, 6.45) is 0.886. The Morgan fingerprint density at radius 3 is 2.57 bits per heavy atom. The van der Waals surface area contributed by atoms with Gasteiger partial charge in [-0.25, -0.2) is 8.42 Å². The lowest BCUT2D eigenvalue weighted by atomic mass is 9.80. The van der Waals surface area contributed by atoms with Crippen molar-refractivity contribution in [1.29, 1.82) is 0 Å². The predicted molar refractivity (Wildman–Crippen MR) is 85.7 cm³/mol. The van der Waals surface area contributed by atoms with Gasteiger partial charge in [-0.2, -0.15) is 4.31 Å². The molecule has 0 radical (unpaired) electrons. The summed E-state index contributed by atoms with van der Waals surface area (Å²) in [5.74, 6) is 0.365. The van der Waals surface area contributed by atoms with Gasteiger partial charge in [0, 0.05) is 19.6 Å². The molecular weight excluding hydrogens is 308 g/mol. The molecule has 1 aromatic rings. The normalized spacial score (nSPS) is 20.9. The van der Waals surface area contributed by atoms with E-state index in [0.29, 0.717) is 25.6 Å². The fourth-order valence-electron chi connectivity index (χ4n) is 2.66. The molecule has 2 rings (SSSR count). The second-order valence-electron chi connectivity index (χ2n) is 6.68. The molecule has 1 aromatic carbocycles. The van der Waals surface area contributed by atoms with Gasteiger partial charge in [0.2, 0.25) is 10.0 Å². The smallest absolute Gasteiger partial charge is 0.244 e. The summed E-state index contributed by atoms with van der Waals surface area (Å²) in [5.41, 5.74) is 6.47. The van der Waals surface area contributed by atoms with Crippen molar-refractivity contribution in [3.8, 4) is 0 Å². The van der Waals surface area contributed by atoms with Gasteiger partial charge in [-0.15, -0.1) is 0 Å². The van der Waals surface area contributed by atoms with Crippen LogP contribution in [0.4, 0.5) is 0 Å². The highest BCUT2D eigenvalue weighted by Crippen LogP contribution is 2.37. The Kier molecular flexibility index (Phi) is 4.69. The lowest BCUT2D eigenvalue weighted by Gasteiger charge is -2.27. The maximum Gasteiger partial charge on any atom is 0.244 e. The van der Waals surface area contributed by atoms with Crippen LogP contribution in [0.5, 0.6) is 0 Å². The van der Waals surface area contributed by atoms with E-state index < -0.39 is 10.0 Å². The highest BCUT2D eigenvalue weighted by molar-refractivity contribution is 7.89. The van der Waals surface area contributed by atoms with Gasteiger partial charge in [-0.1, -0.05) is 38.4 Å². The molecule has 1 aliphatic rings. The van der Waals surface area contributed by atoms with Crippen molar-refractivity contribution in [1.82, 2.24) is 4.31 Å². The second kappa shape index (κ2) is 5.88. The van der Waals surface area contributed by atoms with Crippen molar-refractivity contribution in [2.24, 2.45) is 17.1 Å². The molecule has 118 valence electrons. The van der Waals surface area contributed by atoms with Crippen LogP contribution in [0.2, 0.25) is 5.02 Å². The fourth-order valence-corrected chi connectivity index (χ4v) is 4.69. The molecule has 1 atom stereocenters. The zero-order valence-corrected chi connectivity index (χ0v) is 14.3. The van der Waals surface area contributed by atoms with Crippen LogP contribution in [-0.4, -0.2) is 25.8 Å². The molecule has 6 heteroatoms. The van der Waals surface area contributed by atoms with Gasteiger partial charge >= 0.3 is 0 Å². The van der Waals surface area contributed by atoms with E-state index in [1.807, 2.05) is 0 Å². The first-order valence-electron chi connectivity index (χ1n) is 7.15. The molecule has 4 nitrogen and oxygen atoms in total. The highest BCUT2D eigenvalue weighted by atomic mass is 35.5. The molecule has 0 spiro atoms. The Hall–Kier alpha value is -0.620. The van der Waals surface area contributed by atoms with Crippen molar-refractivity contribution >= 4 is 21.6 Å². The van der Waals surface area contributed by atoms with Gasteiger partial charge in [0.05, 0.1) is 5.02 Å². The predicted octanol–water partition coefficient (Wildman–Crippen LogP) is 2.86. The Labute approximate surface area is 132 Å². The zero-order valence-electron chi connectivity index (χ0n) is 12.8. The summed E-state index contributed by atoms with van der Waals surface area (Å²) >= 11 is 6.10. The van der Waals surface area contributed by atoms with E-state index in [1.165, 1.54) is 0 Å². The van der Waals surface area contributed by atoms with Crippen LogP contribution in [0.1, 0.15) is 32.8 Å². The van der Waals surface area contributed by atoms with E-state index in [9.17, 15) is 8.42 Å². The molecule has 21 heavy (non-hydrogen) atoms. The van der Waals surface area contributed by atoms with E-state index >= 15 is 0 Å². The standard InChI is InChI=1S/C15H23ClN2O2S/c1-15(2,3)12-6-7-18(10-12)21(19,20)14-8-11(9-17)4-5-13(14)16/h4-5,8,12H,6-7,9-10,17H2,1-3H3. The van der Waals surface area contributed by atoms with Crippen molar-refractivity contribution in [2.45, 2.75) is 38.6 Å². The van der Waals surface area contributed by atoms with Crippen LogP contribution in [-0.2, 0) is 16.6 Å².